The number of hydrogen-bond donors (Lipinski definition) is 1. The first kappa shape index (κ1) is 13.9. The molecule has 17 heavy (non-hydrogen) atoms. The second-order valence-electron chi connectivity index (χ2n) is 4.53. The van der Waals surface area contributed by atoms with Gasteiger partial charge in [-0.05, 0) is 44.9 Å². The molecule has 1 aromatic carbocycles. The smallest absolute Gasteiger partial charge is 0.319 e. The highest BCUT2D eigenvalue weighted by molar-refractivity contribution is 8.01. The van der Waals surface area contributed by atoms with Crippen molar-refractivity contribution in [3.8, 4) is 5.75 Å². The number of ether oxygens (including phenoxy) is 1. The van der Waals surface area contributed by atoms with Gasteiger partial charge >= 0.3 is 5.97 Å². The van der Waals surface area contributed by atoms with Gasteiger partial charge in [0.05, 0.1) is 12.0 Å². The van der Waals surface area contributed by atoms with E-state index in [0.717, 1.165) is 21.8 Å². The second kappa shape index (κ2) is 5.00. The molecule has 1 rings (SSSR count). The Morgan fingerprint density at radius 3 is 2.41 bits per heavy atom. The quantitative estimate of drug-likeness (QED) is 0.838. The minimum absolute atomic E-state index is 0.759. The number of benzene rings is 1. The summed E-state index contributed by atoms with van der Waals surface area (Å²) in [5, 5.41) is 9.14. The highest BCUT2D eigenvalue weighted by atomic mass is 32.2. The zero-order valence-corrected chi connectivity index (χ0v) is 11.6. The highest BCUT2D eigenvalue weighted by Crippen LogP contribution is 2.40. The van der Waals surface area contributed by atoms with Crippen LogP contribution in [0, 0.1) is 13.8 Å². The van der Waals surface area contributed by atoms with Gasteiger partial charge in [0.25, 0.3) is 0 Å². The third-order valence-electron chi connectivity index (χ3n) is 2.47. The van der Waals surface area contributed by atoms with Gasteiger partial charge in [-0.3, -0.25) is 4.79 Å². The van der Waals surface area contributed by atoms with Gasteiger partial charge in [-0.15, -0.1) is 11.8 Å². The standard InChI is InChI=1S/C13H18O3S/c1-8-6-9(2)11(16-5)10(7-8)17-13(3,4)12(14)15/h6-7H,1-5H3,(H,14,15). The van der Waals surface area contributed by atoms with Crippen molar-refractivity contribution in [3.63, 3.8) is 0 Å². The molecule has 94 valence electrons. The third-order valence-corrected chi connectivity index (χ3v) is 3.68. The van der Waals surface area contributed by atoms with Crippen LogP contribution in [0.15, 0.2) is 17.0 Å². The van der Waals surface area contributed by atoms with Gasteiger partial charge in [0.1, 0.15) is 10.5 Å². The van der Waals surface area contributed by atoms with E-state index in [1.165, 1.54) is 11.8 Å². The lowest BCUT2D eigenvalue weighted by Crippen LogP contribution is -2.27. The van der Waals surface area contributed by atoms with E-state index in [-0.39, 0.29) is 0 Å². The van der Waals surface area contributed by atoms with Gasteiger partial charge in [-0.25, -0.2) is 0 Å². The fourth-order valence-electron chi connectivity index (χ4n) is 1.57. The van der Waals surface area contributed by atoms with Crippen LogP contribution in [0.1, 0.15) is 25.0 Å². The lowest BCUT2D eigenvalue weighted by atomic mass is 10.1. The molecule has 0 bridgehead atoms. The Bertz CT molecular complexity index is 439. The molecule has 0 amide bonds. The summed E-state index contributed by atoms with van der Waals surface area (Å²) < 4.78 is 4.48. The average molecular weight is 254 g/mol. The van der Waals surface area contributed by atoms with Crippen LogP contribution >= 0.6 is 11.8 Å². The van der Waals surface area contributed by atoms with Crippen molar-refractivity contribution < 1.29 is 14.6 Å². The molecule has 0 radical (unpaired) electrons. The molecule has 0 aliphatic rings. The number of aryl methyl sites for hydroxylation is 2. The van der Waals surface area contributed by atoms with E-state index in [1.807, 2.05) is 26.0 Å². The molecule has 3 nitrogen and oxygen atoms in total. The molecule has 1 N–H and O–H groups in total. The van der Waals surface area contributed by atoms with Gasteiger partial charge in [-0.2, -0.15) is 0 Å². The van der Waals surface area contributed by atoms with E-state index in [9.17, 15) is 4.79 Å². The molecule has 0 aliphatic carbocycles. The third kappa shape index (κ3) is 3.16. The summed E-state index contributed by atoms with van der Waals surface area (Å²) in [7, 11) is 1.61. The van der Waals surface area contributed by atoms with Crippen molar-refractivity contribution in [1.82, 2.24) is 0 Å². The molecule has 0 aromatic heterocycles. The summed E-state index contributed by atoms with van der Waals surface area (Å²) in [4.78, 5) is 12.0. The molecule has 0 saturated heterocycles. The summed E-state index contributed by atoms with van der Waals surface area (Å²) in [6.45, 7) is 7.34. The number of methoxy groups -OCH3 is 1. The van der Waals surface area contributed by atoms with Crippen molar-refractivity contribution in [2.45, 2.75) is 37.3 Å². The maximum atomic E-state index is 11.1. The van der Waals surface area contributed by atoms with Crippen LogP contribution in [0.5, 0.6) is 5.75 Å². The highest BCUT2D eigenvalue weighted by Gasteiger charge is 2.30. The van der Waals surface area contributed by atoms with Crippen LogP contribution in [-0.2, 0) is 4.79 Å². The molecular weight excluding hydrogens is 236 g/mol. The maximum Gasteiger partial charge on any atom is 0.319 e. The fraction of sp³-hybridized carbons (Fsp3) is 0.462. The van der Waals surface area contributed by atoms with Crippen molar-refractivity contribution >= 4 is 17.7 Å². The number of hydrogen-bond acceptors (Lipinski definition) is 3. The maximum absolute atomic E-state index is 11.1. The predicted octanol–water partition coefficient (Wildman–Crippen LogP) is 3.27. The fourth-order valence-corrected chi connectivity index (χ4v) is 2.79. The molecule has 0 atom stereocenters. The number of thioether (sulfide) groups is 1. The van der Waals surface area contributed by atoms with E-state index in [0.29, 0.717) is 0 Å². The summed E-state index contributed by atoms with van der Waals surface area (Å²) in [5.74, 6) is -0.0707. The monoisotopic (exact) mass is 254 g/mol. The van der Waals surface area contributed by atoms with Crippen molar-refractivity contribution in [1.29, 1.82) is 0 Å². The zero-order chi connectivity index (χ0) is 13.2. The molecule has 0 unspecified atom stereocenters. The van der Waals surface area contributed by atoms with Gasteiger partial charge in [-0.1, -0.05) is 6.07 Å². The van der Waals surface area contributed by atoms with Crippen LogP contribution in [0.3, 0.4) is 0 Å². The first-order valence-corrected chi connectivity index (χ1v) is 6.17. The van der Waals surface area contributed by atoms with E-state index in [4.69, 9.17) is 9.84 Å². The first-order valence-electron chi connectivity index (χ1n) is 5.35. The van der Waals surface area contributed by atoms with Crippen molar-refractivity contribution in [2.75, 3.05) is 7.11 Å². The first-order chi connectivity index (χ1) is 7.77. The summed E-state index contributed by atoms with van der Waals surface area (Å²) in [6, 6.07) is 3.98. The van der Waals surface area contributed by atoms with Crippen LogP contribution < -0.4 is 4.74 Å². The SMILES string of the molecule is COc1c(C)cc(C)cc1SC(C)(C)C(=O)O. The Morgan fingerprint density at radius 2 is 1.94 bits per heavy atom. The topological polar surface area (TPSA) is 46.5 Å². The van der Waals surface area contributed by atoms with Gasteiger partial charge in [0, 0.05) is 0 Å². The average Bonchev–Trinajstić information content (AvgIpc) is 2.15. The van der Waals surface area contributed by atoms with E-state index in [2.05, 4.69) is 0 Å². The molecular formula is C13H18O3S. The molecule has 0 aliphatic heterocycles. The minimum Gasteiger partial charge on any atom is -0.495 e. The van der Waals surface area contributed by atoms with Crippen LogP contribution in [0.25, 0.3) is 0 Å². The molecule has 0 heterocycles. The minimum atomic E-state index is -0.868. The summed E-state index contributed by atoms with van der Waals surface area (Å²) in [5.41, 5.74) is 2.13. The predicted molar refractivity (Wildman–Crippen MR) is 70.0 cm³/mol. The molecule has 0 saturated carbocycles. The summed E-state index contributed by atoms with van der Waals surface area (Å²) >= 11 is 1.31. The molecule has 0 spiro atoms. The van der Waals surface area contributed by atoms with Crippen LogP contribution in [0.4, 0.5) is 0 Å². The Labute approximate surface area is 106 Å². The number of rotatable bonds is 4. The van der Waals surface area contributed by atoms with Gasteiger partial charge in [0.15, 0.2) is 0 Å². The second-order valence-corrected chi connectivity index (χ2v) is 6.20. The van der Waals surface area contributed by atoms with Crippen molar-refractivity contribution in [2.24, 2.45) is 0 Å². The zero-order valence-electron chi connectivity index (χ0n) is 10.8. The molecule has 1 aromatic rings. The van der Waals surface area contributed by atoms with E-state index < -0.39 is 10.7 Å². The normalized spacial score (nSPS) is 11.4. The summed E-state index contributed by atoms with van der Waals surface area (Å²) in [6.07, 6.45) is 0. The lowest BCUT2D eigenvalue weighted by Gasteiger charge is -2.21. The lowest BCUT2D eigenvalue weighted by molar-refractivity contribution is -0.138. The Balaban J connectivity index is 3.18. The number of carboxylic acids is 1. The van der Waals surface area contributed by atoms with E-state index >= 15 is 0 Å². The molecule has 0 fully saturated rings. The Kier molecular flexibility index (Phi) is 4.09. The van der Waals surface area contributed by atoms with Crippen molar-refractivity contribution in [3.05, 3.63) is 23.3 Å². The van der Waals surface area contributed by atoms with Crippen LogP contribution in [-0.4, -0.2) is 22.9 Å². The van der Waals surface area contributed by atoms with Gasteiger partial charge in [0.2, 0.25) is 0 Å². The Hall–Kier alpha value is -1.16. The Morgan fingerprint density at radius 1 is 1.35 bits per heavy atom. The number of aliphatic carboxylic acids is 1. The van der Waals surface area contributed by atoms with Gasteiger partial charge < -0.3 is 9.84 Å². The van der Waals surface area contributed by atoms with E-state index in [1.54, 1.807) is 21.0 Å². The number of carboxylic acid groups (broad SMARTS) is 1. The number of carbonyl (C=O) groups is 1. The molecule has 4 heteroatoms. The largest absolute Gasteiger partial charge is 0.495 e. The van der Waals surface area contributed by atoms with Crippen LogP contribution in [0.2, 0.25) is 0 Å².